The van der Waals surface area contributed by atoms with Gasteiger partial charge in [-0.25, -0.2) is 0 Å². The Morgan fingerprint density at radius 3 is 2.63 bits per heavy atom. The van der Waals surface area contributed by atoms with Gasteiger partial charge in [0.2, 0.25) is 0 Å². The quantitative estimate of drug-likeness (QED) is 0.810. The minimum Gasteiger partial charge on any atom is -0.506 e. The molecule has 0 saturated carbocycles. The van der Waals surface area contributed by atoms with E-state index in [1.807, 2.05) is 33.8 Å². The summed E-state index contributed by atoms with van der Waals surface area (Å²) in [4.78, 5) is 24.8. The van der Waals surface area contributed by atoms with Gasteiger partial charge in [0.25, 0.3) is 0 Å². The number of methoxy groups -OCH3 is 1. The Hall–Kier alpha value is -2.50. The normalized spacial score (nSPS) is 23.6. The van der Waals surface area contributed by atoms with Crippen LogP contribution in [0.5, 0.6) is 17.2 Å². The van der Waals surface area contributed by atoms with Crippen LogP contribution in [0.2, 0.25) is 0 Å². The molecule has 3 rings (SSSR count). The maximum atomic E-state index is 12.9. The standard InChI is InChI=1S/C21H26O6/c1-10(9-14(22)25-6)15-19-13(7-8-21(4,5)27-19)18(24)16-17(23)11(2)12(3)26-20(15)16/h7-8,10-12,24H,9H2,1-6H3/t10-,11-,12+/m0/s1. The van der Waals surface area contributed by atoms with Crippen LogP contribution in [-0.4, -0.2) is 35.7 Å². The van der Waals surface area contributed by atoms with Crippen molar-refractivity contribution in [2.45, 2.75) is 58.7 Å². The summed E-state index contributed by atoms with van der Waals surface area (Å²) in [5.41, 5.74) is 0.635. The van der Waals surface area contributed by atoms with Crippen LogP contribution in [0.15, 0.2) is 6.08 Å². The Kier molecular flexibility index (Phi) is 4.70. The second kappa shape index (κ2) is 6.59. The summed E-state index contributed by atoms with van der Waals surface area (Å²) in [6.45, 7) is 9.25. The Balaban J connectivity index is 2.28. The topological polar surface area (TPSA) is 82.1 Å². The maximum Gasteiger partial charge on any atom is 0.306 e. The number of esters is 1. The second-order valence-electron chi connectivity index (χ2n) is 7.91. The van der Waals surface area contributed by atoms with Gasteiger partial charge in [0.05, 0.1) is 25.0 Å². The summed E-state index contributed by atoms with van der Waals surface area (Å²) in [5, 5.41) is 10.8. The first-order chi connectivity index (χ1) is 12.6. The number of Topliss-reactive ketones (excluding diaryl/α,β-unsaturated/α-hetero) is 1. The largest absolute Gasteiger partial charge is 0.506 e. The van der Waals surface area contributed by atoms with Crippen molar-refractivity contribution >= 4 is 17.8 Å². The summed E-state index contributed by atoms with van der Waals surface area (Å²) in [5.74, 6) is -0.619. The molecular weight excluding hydrogens is 348 g/mol. The van der Waals surface area contributed by atoms with E-state index >= 15 is 0 Å². The van der Waals surface area contributed by atoms with E-state index in [9.17, 15) is 14.7 Å². The Bertz CT molecular complexity index is 836. The predicted octanol–water partition coefficient (Wildman–Crippen LogP) is 3.84. The fourth-order valence-electron chi connectivity index (χ4n) is 3.54. The lowest BCUT2D eigenvalue weighted by molar-refractivity contribution is -0.140. The van der Waals surface area contributed by atoms with Gasteiger partial charge in [0, 0.05) is 5.56 Å². The van der Waals surface area contributed by atoms with Crippen molar-refractivity contribution < 1.29 is 28.9 Å². The SMILES string of the molecule is COC(=O)C[C@H](C)c1c2c(c(O)c3c1O[C@H](C)[C@H](C)C3=O)C=CC(C)(C)O2. The molecule has 1 aromatic carbocycles. The highest BCUT2D eigenvalue weighted by Crippen LogP contribution is 2.52. The van der Waals surface area contributed by atoms with Crippen LogP contribution in [0.3, 0.4) is 0 Å². The Morgan fingerprint density at radius 2 is 2.00 bits per heavy atom. The highest BCUT2D eigenvalue weighted by Gasteiger charge is 2.41. The molecule has 1 aromatic rings. The lowest BCUT2D eigenvalue weighted by atomic mass is 9.83. The van der Waals surface area contributed by atoms with Crippen LogP contribution in [0.25, 0.3) is 6.08 Å². The average Bonchev–Trinajstić information content (AvgIpc) is 2.58. The number of ether oxygens (including phenoxy) is 3. The highest BCUT2D eigenvalue weighted by atomic mass is 16.5. The van der Waals surface area contributed by atoms with Gasteiger partial charge in [-0.3, -0.25) is 9.59 Å². The van der Waals surface area contributed by atoms with Crippen molar-refractivity contribution in [3.05, 3.63) is 22.8 Å². The van der Waals surface area contributed by atoms with Crippen molar-refractivity contribution in [2.24, 2.45) is 5.92 Å². The van der Waals surface area contributed by atoms with E-state index < -0.39 is 5.60 Å². The average molecular weight is 374 g/mol. The minimum absolute atomic E-state index is 0.106. The molecule has 0 aliphatic carbocycles. The van der Waals surface area contributed by atoms with Gasteiger partial charge in [0.1, 0.15) is 34.5 Å². The molecule has 27 heavy (non-hydrogen) atoms. The van der Waals surface area contributed by atoms with Gasteiger partial charge < -0.3 is 19.3 Å². The van der Waals surface area contributed by atoms with Crippen molar-refractivity contribution in [3.63, 3.8) is 0 Å². The maximum absolute atomic E-state index is 12.9. The summed E-state index contributed by atoms with van der Waals surface area (Å²) < 4.78 is 17.0. The number of phenols is 1. The summed E-state index contributed by atoms with van der Waals surface area (Å²) in [6, 6.07) is 0. The van der Waals surface area contributed by atoms with E-state index in [0.29, 0.717) is 22.6 Å². The van der Waals surface area contributed by atoms with Gasteiger partial charge in [-0.1, -0.05) is 13.8 Å². The molecule has 2 aliphatic heterocycles. The number of ketones is 1. The third kappa shape index (κ3) is 3.17. The van der Waals surface area contributed by atoms with Gasteiger partial charge >= 0.3 is 5.97 Å². The van der Waals surface area contributed by atoms with Gasteiger partial charge in [-0.05, 0) is 38.8 Å². The predicted molar refractivity (Wildman–Crippen MR) is 100 cm³/mol. The molecule has 0 radical (unpaired) electrons. The fraction of sp³-hybridized carbons (Fsp3) is 0.524. The molecular formula is C21H26O6. The smallest absolute Gasteiger partial charge is 0.306 e. The number of benzene rings is 1. The van der Waals surface area contributed by atoms with E-state index in [0.717, 1.165) is 0 Å². The van der Waals surface area contributed by atoms with Crippen molar-refractivity contribution in [1.29, 1.82) is 0 Å². The first-order valence-electron chi connectivity index (χ1n) is 9.16. The van der Waals surface area contributed by atoms with E-state index in [2.05, 4.69) is 0 Å². The second-order valence-corrected chi connectivity index (χ2v) is 7.91. The van der Waals surface area contributed by atoms with Gasteiger partial charge in [-0.2, -0.15) is 0 Å². The highest BCUT2D eigenvalue weighted by molar-refractivity contribution is 6.06. The van der Waals surface area contributed by atoms with Crippen LogP contribution in [0.4, 0.5) is 0 Å². The summed E-state index contributed by atoms with van der Waals surface area (Å²) in [7, 11) is 1.34. The van der Waals surface area contributed by atoms with Crippen molar-refractivity contribution in [1.82, 2.24) is 0 Å². The third-order valence-electron chi connectivity index (χ3n) is 5.33. The lowest BCUT2D eigenvalue weighted by Crippen LogP contribution is -2.35. The molecule has 0 unspecified atom stereocenters. The van der Waals surface area contributed by atoms with E-state index in [-0.39, 0.29) is 47.4 Å². The molecule has 0 saturated heterocycles. The third-order valence-corrected chi connectivity index (χ3v) is 5.33. The summed E-state index contributed by atoms with van der Waals surface area (Å²) in [6.07, 6.45) is 3.35. The number of carbonyl (C=O) groups is 2. The van der Waals surface area contributed by atoms with E-state index in [1.165, 1.54) is 7.11 Å². The molecule has 1 N–H and O–H groups in total. The number of rotatable bonds is 3. The van der Waals surface area contributed by atoms with Crippen LogP contribution in [0.1, 0.15) is 68.4 Å². The molecule has 6 heteroatoms. The zero-order valence-electron chi connectivity index (χ0n) is 16.6. The number of fused-ring (bicyclic) bond motifs is 2. The number of phenolic OH excluding ortho intramolecular Hbond substituents is 1. The Morgan fingerprint density at radius 1 is 1.33 bits per heavy atom. The fourth-order valence-corrected chi connectivity index (χ4v) is 3.54. The number of aromatic hydroxyl groups is 1. The molecule has 0 spiro atoms. The van der Waals surface area contributed by atoms with E-state index in [4.69, 9.17) is 14.2 Å². The lowest BCUT2D eigenvalue weighted by Gasteiger charge is -2.36. The van der Waals surface area contributed by atoms with E-state index in [1.54, 1.807) is 13.0 Å². The van der Waals surface area contributed by atoms with Crippen LogP contribution >= 0.6 is 0 Å². The van der Waals surface area contributed by atoms with Crippen molar-refractivity contribution in [2.75, 3.05) is 7.11 Å². The monoisotopic (exact) mass is 374 g/mol. The van der Waals surface area contributed by atoms with Crippen LogP contribution < -0.4 is 9.47 Å². The molecule has 0 aromatic heterocycles. The molecule has 2 heterocycles. The molecule has 146 valence electrons. The van der Waals surface area contributed by atoms with Gasteiger partial charge in [-0.15, -0.1) is 0 Å². The molecule has 0 bridgehead atoms. The summed E-state index contributed by atoms with van der Waals surface area (Å²) >= 11 is 0. The minimum atomic E-state index is -0.592. The zero-order valence-corrected chi connectivity index (χ0v) is 16.6. The molecule has 0 fully saturated rings. The number of hydrogen-bond acceptors (Lipinski definition) is 6. The molecule has 3 atom stereocenters. The Labute approximate surface area is 159 Å². The zero-order chi connectivity index (χ0) is 20.1. The number of carbonyl (C=O) groups excluding carboxylic acids is 2. The van der Waals surface area contributed by atoms with Crippen LogP contribution in [0, 0.1) is 5.92 Å². The van der Waals surface area contributed by atoms with Crippen LogP contribution in [-0.2, 0) is 9.53 Å². The first kappa shape index (κ1) is 19.3. The number of hydrogen-bond donors (Lipinski definition) is 1. The van der Waals surface area contributed by atoms with Crippen molar-refractivity contribution in [3.8, 4) is 17.2 Å². The molecule has 6 nitrogen and oxygen atoms in total. The molecule has 2 aliphatic rings. The first-order valence-corrected chi connectivity index (χ1v) is 9.16. The van der Waals surface area contributed by atoms with Gasteiger partial charge in [0.15, 0.2) is 5.78 Å². The molecule has 0 amide bonds.